The van der Waals surface area contributed by atoms with Crippen molar-refractivity contribution in [3.63, 3.8) is 0 Å². The van der Waals surface area contributed by atoms with E-state index in [2.05, 4.69) is 31.2 Å². The predicted molar refractivity (Wildman–Crippen MR) is 91.6 cm³/mol. The van der Waals surface area contributed by atoms with Crippen LogP contribution in [0.4, 0.5) is 8.78 Å². The molecule has 2 N–H and O–H groups in total. The van der Waals surface area contributed by atoms with Gasteiger partial charge in [-0.1, -0.05) is 0 Å². The number of rotatable bonds is 4. The highest BCUT2D eigenvalue weighted by molar-refractivity contribution is 14.2. The van der Waals surface area contributed by atoms with E-state index in [1.54, 1.807) is 17.8 Å². The molecule has 0 spiro atoms. The van der Waals surface area contributed by atoms with E-state index in [4.69, 9.17) is 5.73 Å². The number of pyridine rings is 1. The Hall–Kier alpha value is -1.16. The molecular formula is C13H13F2IN4S. The summed E-state index contributed by atoms with van der Waals surface area (Å²) in [6, 6.07) is 0.988. The van der Waals surface area contributed by atoms with Crippen molar-refractivity contribution in [2.24, 2.45) is 10.7 Å². The highest BCUT2D eigenvalue weighted by Crippen LogP contribution is 2.32. The van der Waals surface area contributed by atoms with Gasteiger partial charge >= 0.3 is 0 Å². The quantitative estimate of drug-likeness (QED) is 0.454. The first kappa shape index (κ1) is 16.2. The fourth-order valence-corrected chi connectivity index (χ4v) is 3.22. The zero-order chi connectivity index (χ0) is 15.6. The van der Waals surface area contributed by atoms with Gasteiger partial charge in [0, 0.05) is 47.5 Å². The molecule has 0 aliphatic carbocycles. The lowest BCUT2D eigenvalue weighted by atomic mass is 10.1. The lowest BCUT2D eigenvalue weighted by Crippen LogP contribution is -2.13. The fourth-order valence-electron chi connectivity index (χ4n) is 1.95. The second kappa shape index (κ2) is 6.73. The Bertz CT molecular complexity index is 726. The molecule has 0 saturated heterocycles. The molecule has 4 nitrogen and oxygen atoms in total. The van der Waals surface area contributed by atoms with Crippen molar-refractivity contribution in [2.75, 3.05) is 0 Å². The number of hydrogen-bond acceptors (Lipinski definition) is 3. The van der Waals surface area contributed by atoms with E-state index in [0.717, 1.165) is 11.8 Å². The van der Waals surface area contributed by atoms with Gasteiger partial charge in [-0.05, 0) is 26.0 Å². The van der Waals surface area contributed by atoms with Gasteiger partial charge in [0.15, 0.2) is 17.3 Å². The van der Waals surface area contributed by atoms with Gasteiger partial charge in [-0.2, -0.15) is 0 Å². The highest BCUT2D eigenvalue weighted by atomic mass is 127. The van der Waals surface area contributed by atoms with E-state index in [9.17, 15) is 8.78 Å². The fraction of sp³-hybridized carbons (Fsp3) is 0.231. The summed E-state index contributed by atoms with van der Waals surface area (Å²) in [5.41, 5.74) is 6.96. The lowest BCUT2D eigenvalue weighted by molar-refractivity contribution is 0.624. The van der Waals surface area contributed by atoms with E-state index in [0.29, 0.717) is 11.0 Å². The summed E-state index contributed by atoms with van der Waals surface area (Å²) in [5.74, 6) is -1.17. The van der Waals surface area contributed by atoms with Crippen molar-refractivity contribution in [1.82, 2.24) is 8.96 Å². The third-order valence-corrected chi connectivity index (χ3v) is 4.66. The van der Waals surface area contributed by atoms with Crippen LogP contribution in [0.15, 0.2) is 35.4 Å². The Kier molecular flexibility index (Phi) is 5.20. The SMILES string of the molecule is C/C=C(/F)C(N)=NC(C)c1cn(SI)c2ncc(F)cc12. The summed E-state index contributed by atoms with van der Waals surface area (Å²) in [7, 11) is 1.41. The van der Waals surface area contributed by atoms with E-state index in [1.807, 2.05) is 6.20 Å². The van der Waals surface area contributed by atoms with Gasteiger partial charge in [0.05, 0.1) is 12.2 Å². The number of hydrogen-bond donors (Lipinski definition) is 1. The molecule has 21 heavy (non-hydrogen) atoms. The number of aliphatic imine (C=N–C) groups is 1. The molecule has 2 heterocycles. The molecule has 112 valence electrons. The molecule has 0 fully saturated rings. The number of nitrogens with zero attached hydrogens (tertiary/aromatic N) is 3. The van der Waals surface area contributed by atoms with Crippen LogP contribution in [0.25, 0.3) is 11.0 Å². The maximum absolute atomic E-state index is 13.4. The summed E-state index contributed by atoms with van der Waals surface area (Å²) >= 11 is 2.11. The number of allylic oxidation sites excluding steroid dienone is 1. The summed E-state index contributed by atoms with van der Waals surface area (Å²) in [6.45, 7) is 3.32. The van der Waals surface area contributed by atoms with Gasteiger partial charge in [0.1, 0.15) is 5.82 Å². The normalized spacial score (nSPS) is 14.7. The molecule has 0 aliphatic heterocycles. The highest BCUT2D eigenvalue weighted by Gasteiger charge is 2.16. The van der Waals surface area contributed by atoms with Crippen molar-refractivity contribution in [3.8, 4) is 0 Å². The van der Waals surface area contributed by atoms with Crippen LogP contribution in [0.5, 0.6) is 0 Å². The number of aromatic nitrogens is 2. The van der Waals surface area contributed by atoms with Crippen LogP contribution in [0.3, 0.4) is 0 Å². The molecular weight excluding hydrogens is 409 g/mol. The average molecular weight is 422 g/mol. The second-order valence-electron chi connectivity index (χ2n) is 4.33. The monoisotopic (exact) mass is 422 g/mol. The van der Waals surface area contributed by atoms with Gasteiger partial charge in [0.25, 0.3) is 0 Å². The number of halogens is 3. The molecule has 0 saturated carbocycles. The van der Waals surface area contributed by atoms with Crippen molar-refractivity contribution >= 4 is 47.2 Å². The molecule has 2 rings (SSSR count). The maximum atomic E-state index is 13.4. The minimum absolute atomic E-state index is 0.169. The molecule has 0 amide bonds. The van der Waals surface area contributed by atoms with Crippen molar-refractivity contribution in [1.29, 1.82) is 0 Å². The van der Waals surface area contributed by atoms with E-state index >= 15 is 0 Å². The smallest absolute Gasteiger partial charge is 0.160 e. The minimum atomic E-state index is -0.571. The Labute approximate surface area is 137 Å². The van der Waals surface area contributed by atoms with E-state index < -0.39 is 17.7 Å². The summed E-state index contributed by atoms with van der Waals surface area (Å²) in [6.07, 6.45) is 4.22. The van der Waals surface area contributed by atoms with Crippen molar-refractivity contribution < 1.29 is 8.78 Å². The zero-order valence-electron chi connectivity index (χ0n) is 11.3. The van der Waals surface area contributed by atoms with Gasteiger partial charge in [-0.15, -0.1) is 0 Å². The molecule has 0 aromatic carbocycles. The Morgan fingerprint density at radius 3 is 2.95 bits per heavy atom. The third kappa shape index (κ3) is 3.37. The first-order valence-corrected chi connectivity index (χ1v) is 9.40. The third-order valence-electron chi connectivity index (χ3n) is 2.96. The average Bonchev–Trinajstić information content (AvgIpc) is 2.84. The van der Waals surface area contributed by atoms with Crippen LogP contribution in [0.2, 0.25) is 0 Å². The molecule has 0 bridgehead atoms. The molecule has 2 aromatic rings. The largest absolute Gasteiger partial charge is 0.382 e. The number of fused-ring (bicyclic) bond motifs is 1. The van der Waals surface area contributed by atoms with Gasteiger partial charge in [0.2, 0.25) is 0 Å². The minimum Gasteiger partial charge on any atom is -0.382 e. The van der Waals surface area contributed by atoms with Crippen molar-refractivity contribution in [3.05, 3.63) is 41.7 Å². The molecule has 1 atom stereocenters. The van der Waals surface area contributed by atoms with Gasteiger partial charge in [-0.3, -0.25) is 8.96 Å². The Balaban J connectivity index is 2.53. The van der Waals surface area contributed by atoms with Gasteiger partial charge < -0.3 is 5.73 Å². The number of amidine groups is 1. The van der Waals surface area contributed by atoms with Crippen molar-refractivity contribution in [2.45, 2.75) is 19.9 Å². The predicted octanol–water partition coefficient (Wildman–Crippen LogP) is 4.31. The maximum Gasteiger partial charge on any atom is 0.160 e. The van der Waals surface area contributed by atoms with E-state index in [1.165, 1.54) is 21.3 Å². The Morgan fingerprint density at radius 2 is 2.33 bits per heavy atom. The van der Waals surface area contributed by atoms with Crippen LogP contribution in [-0.2, 0) is 0 Å². The first-order chi connectivity index (χ1) is 9.97. The van der Waals surface area contributed by atoms with Crippen LogP contribution >= 0.6 is 30.3 Å². The van der Waals surface area contributed by atoms with Crippen LogP contribution in [0.1, 0.15) is 25.5 Å². The van der Waals surface area contributed by atoms with Gasteiger partial charge in [-0.25, -0.2) is 13.8 Å². The van der Waals surface area contributed by atoms with Crippen LogP contribution in [-0.4, -0.2) is 14.8 Å². The molecule has 8 heteroatoms. The van der Waals surface area contributed by atoms with Crippen LogP contribution < -0.4 is 5.73 Å². The summed E-state index contributed by atoms with van der Waals surface area (Å²) < 4.78 is 28.6. The topological polar surface area (TPSA) is 56.2 Å². The molecule has 1 unspecified atom stereocenters. The Morgan fingerprint density at radius 1 is 1.62 bits per heavy atom. The molecule has 0 aliphatic rings. The molecule has 2 aromatic heterocycles. The lowest BCUT2D eigenvalue weighted by Gasteiger charge is -2.06. The molecule has 0 radical (unpaired) electrons. The second-order valence-corrected chi connectivity index (χ2v) is 6.04. The first-order valence-electron chi connectivity index (χ1n) is 6.09. The van der Waals surface area contributed by atoms with Crippen LogP contribution in [0, 0.1) is 5.82 Å². The summed E-state index contributed by atoms with van der Waals surface area (Å²) in [5, 5.41) is 0.643. The summed E-state index contributed by atoms with van der Waals surface area (Å²) in [4.78, 5) is 8.20. The standard InChI is InChI=1S/C13H13F2IN4S/c1-3-11(15)12(17)19-7(2)10-6-20(21-16)13-9(10)4-8(14)5-18-13/h3-7H,1-2H3,(H2,17,19)/b11-3+. The zero-order valence-corrected chi connectivity index (χ0v) is 14.3. The van der Waals surface area contributed by atoms with E-state index in [-0.39, 0.29) is 5.84 Å². The number of nitrogens with two attached hydrogens (primary N) is 1.